The van der Waals surface area contributed by atoms with Crippen LogP contribution in [-0.2, 0) is 0 Å². The zero-order valence-corrected chi connectivity index (χ0v) is 28.7. The van der Waals surface area contributed by atoms with Gasteiger partial charge in [-0.3, -0.25) is 9.59 Å². The minimum atomic E-state index is -2.40. The van der Waals surface area contributed by atoms with Gasteiger partial charge in [0.1, 0.15) is 17.2 Å². The second-order valence-electron chi connectivity index (χ2n) is 13.8. The van der Waals surface area contributed by atoms with E-state index in [1.54, 1.807) is 6.07 Å². The first kappa shape index (κ1) is 30.8. The summed E-state index contributed by atoms with van der Waals surface area (Å²) in [4.78, 5) is 29.1. The summed E-state index contributed by atoms with van der Waals surface area (Å²) in [6, 6.07) is 13.5. The highest BCUT2D eigenvalue weighted by Gasteiger charge is 2.44. The Morgan fingerprint density at radius 3 is 1.76 bits per heavy atom. The maximum atomic E-state index is 14.7. The molecule has 0 fully saturated rings. The number of ketones is 2. The number of carbonyl (C=O) groups is 2. The summed E-state index contributed by atoms with van der Waals surface area (Å²) in [7, 11) is -4.58. The topological polar surface area (TPSA) is 61.8 Å². The molecule has 5 nitrogen and oxygen atoms in total. The maximum Gasteiger partial charge on any atom is 0.250 e. The molecule has 0 aromatic heterocycles. The molecule has 0 saturated heterocycles. The van der Waals surface area contributed by atoms with Gasteiger partial charge >= 0.3 is 0 Å². The molecule has 7 heteroatoms. The second-order valence-corrected chi connectivity index (χ2v) is 23.0. The molecule has 0 radical (unpaired) electrons. The first-order valence-electron chi connectivity index (χ1n) is 14.4. The highest BCUT2D eigenvalue weighted by Crippen LogP contribution is 2.48. The van der Waals surface area contributed by atoms with E-state index >= 15 is 0 Å². The van der Waals surface area contributed by atoms with E-state index in [2.05, 4.69) is 53.5 Å². The minimum absolute atomic E-state index is 0.113. The van der Waals surface area contributed by atoms with Gasteiger partial charge in [0, 0.05) is 16.7 Å². The molecule has 1 aliphatic rings. The van der Waals surface area contributed by atoms with Gasteiger partial charge in [-0.25, -0.2) is 0 Å². The van der Waals surface area contributed by atoms with Crippen molar-refractivity contribution in [3.8, 4) is 28.4 Å². The predicted octanol–water partition coefficient (Wildman–Crippen LogP) is 9.13. The third kappa shape index (κ3) is 5.79. The fraction of sp³-hybridized carbons (Fsp3) is 0.412. The Morgan fingerprint density at radius 1 is 0.707 bits per heavy atom. The molecule has 0 bridgehead atoms. The first-order valence-corrected chi connectivity index (χ1v) is 20.7. The van der Waals surface area contributed by atoms with Gasteiger partial charge in [0.05, 0.1) is 17.2 Å². The van der Waals surface area contributed by atoms with Crippen molar-refractivity contribution in [2.75, 3.05) is 0 Å². The fourth-order valence-electron chi connectivity index (χ4n) is 4.83. The van der Waals surface area contributed by atoms with E-state index in [9.17, 15) is 9.59 Å². The monoisotopic (exact) mass is 588 g/mol. The molecule has 3 aromatic carbocycles. The summed E-state index contributed by atoms with van der Waals surface area (Å²) < 4.78 is 19.7. The van der Waals surface area contributed by atoms with Crippen LogP contribution in [0.3, 0.4) is 0 Å². The van der Waals surface area contributed by atoms with Gasteiger partial charge < -0.3 is 13.6 Å². The van der Waals surface area contributed by atoms with Gasteiger partial charge in [-0.2, -0.15) is 0 Å². The van der Waals surface area contributed by atoms with Crippen molar-refractivity contribution in [2.24, 2.45) is 0 Å². The molecule has 0 amide bonds. The molecule has 0 saturated carbocycles. The van der Waals surface area contributed by atoms with Crippen molar-refractivity contribution in [1.82, 2.24) is 0 Å². The summed E-state index contributed by atoms with van der Waals surface area (Å²) in [6.45, 7) is 24.8. The van der Waals surface area contributed by atoms with E-state index < -0.39 is 16.6 Å². The van der Waals surface area contributed by atoms with Crippen LogP contribution in [0.1, 0.15) is 77.6 Å². The Labute approximate surface area is 247 Å². The number of hydrogen-bond acceptors (Lipinski definition) is 5. The summed E-state index contributed by atoms with van der Waals surface area (Å²) in [5.41, 5.74) is 4.76. The van der Waals surface area contributed by atoms with Gasteiger partial charge in [0.2, 0.25) is 14.1 Å². The number of rotatable bonds is 7. The summed E-state index contributed by atoms with van der Waals surface area (Å²) >= 11 is 0. The van der Waals surface area contributed by atoms with Crippen LogP contribution >= 0.6 is 0 Å². The molecule has 0 aliphatic heterocycles. The van der Waals surface area contributed by atoms with E-state index in [0.29, 0.717) is 39.5 Å². The predicted molar refractivity (Wildman–Crippen MR) is 172 cm³/mol. The molecule has 0 heterocycles. The molecule has 3 aromatic rings. The fourth-order valence-corrected chi connectivity index (χ4v) is 6.77. The Hall–Kier alpha value is -3.17. The standard InChI is InChI=1S/C34H44O5Si2/c1-20(2)37-27-19-26-29(33(22(27)4)39-41(11,12)34(5,6)7)31(36)28-25(30(26)35)18-24(23-16-14-13-15-17-23)21(3)32(28)38-40(8,9)10/h13-20H,1-12H3. The summed E-state index contributed by atoms with van der Waals surface area (Å²) in [5, 5.41) is -0.117. The second kappa shape index (κ2) is 10.6. The van der Waals surface area contributed by atoms with E-state index in [1.165, 1.54) is 0 Å². The van der Waals surface area contributed by atoms with Crippen LogP contribution in [0.4, 0.5) is 0 Å². The van der Waals surface area contributed by atoms with Gasteiger partial charge in [-0.1, -0.05) is 51.1 Å². The van der Waals surface area contributed by atoms with Gasteiger partial charge in [0.15, 0.2) is 5.78 Å². The lowest BCUT2D eigenvalue weighted by Crippen LogP contribution is -2.44. The largest absolute Gasteiger partial charge is 0.544 e. The van der Waals surface area contributed by atoms with Crippen LogP contribution in [0, 0.1) is 13.8 Å². The lowest BCUT2D eigenvalue weighted by atomic mass is 9.79. The van der Waals surface area contributed by atoms with Gasteiger partial charge in [-0.15, -0.1) is 0 Å². The zero-order chi connectivity index (χ0) is 30.7. The molecule has 1 aliphatic carbocycles. The molecule has 4 rings (SSSR count). The number of fused-ring (bicyclic) bond motifs is 2. The van der Waals surface area contributed by atoms with Crippen LogP contribution in [0.2, 0.25) is 37.8 Å². The Bertz CT molecular complexity index is 1520. The van der Waals surface area contributed by atoms with Gasteiger partial charge in [0.25, 0.3) is 8.32 Å². The average Bonchev–Trinajstić information content (AvgIpc) is 2.84. The molecule has 0 atom stereocenters. The Kier molecular flexibility index (Phi) is 7.95. The van der Waals surface area contributed by atoms with Crippen LogP contribution < -0.4 is 13.6 Å². The van der Waals surface area contributed by atoms with E-state index in [4.69, 9.17) is 13.6 Å². The minimum Gasteiger partial charge on any atom is -0.544 e. The average molecular weight is 589 g/mol. The molecular formula is C34H44O5Si2. The van der Waals surface area contributed by atoms with Crippen molar-refractivity contribution in [3.05, 3.63) is 75.8 Å². The quantitative estimate of drug-likeness (QED) is 0.201. The lowest BCUT2D eigenvalue weighted by Gasteiger charge is -2.38. The molecular weight excluding hydrogens is 545 g/mol. The summed E-state index contributed by atoms with van der Waals surface area (Å²) in [6.07, 6.45) is -0.113. The number of hydrogen-bond donors (Lipinski definition) is 0. The van der Waals surface area contributed by atoms with Gasteiger partial charge in [-0.05, 0) is 94.3 Å². The Morgan fingerprint density at radius 2 is 1.24 bits per heavy atom. The molecule has 218 valence electrons. The highest BCUT2D eigenvalue weighted by atomic mass is 28.4. The number of benzene rings is 3. The van der Waals surface area contributed by atoms with Crippen molar-refractivity contribution >= 4 is 28.2 Å². The van der Waals surface area contributed by atoms with E-state index in [1.807, 2.05) is 64.1 Å². The molecule has 0 unspecified atom stereocenters. The van der Waals surface area contributed by atoms with Crippen molar-refractivity contribution in [3.63, 3.8) is 0 Å². The Balaban J connectivity index is 2.08. The van der Waals surface area contributed by atoms with Crippen LogP contribution in [0.15, 0.2) is 42.5 Å². The van der Waals surface area contributed by atoms with Crippen molar-refractivity contribution < 1.29 is 23.2 Å². The normalized spacial score (nSPS) is 13.7. The van der Waals surface area contributed by atoms with Crippen LogP contribution in [0.25, 0.3) is 11.1 Å². The number of ether oxygens (including phenoxy) is 1. The molecule has 0 N–H and O–H groups in total. The smallest absolute Gasteiger partial charge is 0.250 e. The van der Waals surface area contributed by atoms with E-state index in [0.717, 1.165) is 22.3 Å². The van der Waals surface area contributed by atoms with Crippen molar-refractivity contribution in [1.29, 1.82) is 0 Å². The molecule has 41 heavy (non-hydrogen) atoms. The first-order chi connectivity index (χ1) is 18.8. The maximum absolute atomic E-state index is 14.7. The summed E-state index contributed by atoms with van der Waals surface area (Å²) in [5.74, 6) is 1.06. The van der Waals surface area contributed by atoms with Crippen molar-refractivity contribution in [2.45, 2.75) is 92.3 Å². The van der Waals surface area contributed by atoms with Crippen LogP contribution in [0.5, 0.6) is 17.2 Å². The van der Waals surface area contributed by atoms with Crippen LogP contribution in [-0.4, -0.2) is 34.3 Å². The molecule has 0 spiro atoms. The zero-order valence-electron chi connectivity index (χ0n) is 26.7. The highest BCUT2D eigenvalue weighted by molar-refractivity contribution is 6.74. The number of carbonyl (C=O) groups excluding carboxylic acids is 2. The third-order valence-electron chi connectivity index (χ3n) is 7.97. The SMILES string of the molecule is Cc1c(OC(C)C)cc2c(c1O[Si](C)(C)C(C)(C)C)C(=O)c1c(cc(-c3ccccc3)c(C)c1O[Si](C)(C)C)C2=O. The van der Waals surface area contributed by atoms with E-state index in [-0.39, 0.29) is 22.7 Å². The lowest BCUT2D eigenvalue weighted by molar-refractivity contribution is 0.0975. The third-order valence-corrected chi connectivity index (χ3v) is 13.1.